The number of hydrogen-bond donors (Lipinski definition) is 0. The van der Waals surface area contributed by atoms with Crippen LogP contribution in [-0.2, 0) is 23.9 Å². The molecule has 4 heterocycles. The molecule has 2 saturated heterocycles. The first-order valence-electron chi connectivity index (χ1n) is 13.4. The summed E-state index contributed by atoms with van der Waals surface area (Å²) in [5.41, 5.74) is -2.16. The third kappa shape index (κ3) is 4.03. The SMILES string of the molecule is COC(=O)C12CN(C)CC(C(=O)OC)(C1=O)C(c1ccccn1)N(CC1CCCCC1)C2c1ccccn1. The number of Topliss-reactive ketones (excluding diaryl/α,β-unsaturated/α-hetero) is 1. The van der Waals surface area contributed by atoms with E-state index in [0.29, 0.717) is 23.9 Å². The van der Waals surface area contributed by atoms with Gasteiger partial charge in [0.25, 0.3) is 0 Å². The molecule has 2 aliphatic heterocycles. The van der Waals surface area contributed by atoms with E-state index in [1.54, 1.807) is 12.4 Å². The molecule has 4 atom stereocenters. The molecule has 3 aliphatic rings. The molecule has 1 saturated carbocycles. The van der Waals surface area contributed by atoms with Crippen LogP contribution < -0.4 is 0 Å². The van der Waals surface area contributed by atoms with Gasteiger partial charge in [-0.05, 0) is 50.1 Å². The minimum absolute atomic E-state index is 0.106. The number of carbonyl (C=O) groups is 3. The number of ether oxygens (including phenoxy) is 2. The van der Waals surface area contributed by atoms with Crippen LogP contribution in [0.1, 0.15) is 55.6 Å². The summed E-state index contributed by atoms with van der Waals surface area (Å²) >= 11 is 0. The van der Waals surface area contributed by atoms with Gasteiger partial charge in [0.2, 0.25) is 0 Å². The van der Waals surface area contributed by atoms with Crippen molar-refractivity contribution in [2.45, 2.75) is 44.2 Å². The molecule has 202 valence electrons. The van der Waals surface area contributed by atoms with E-state index in [1.807, 2.05) is 48.3 Å². The number of methoxy groups -OCH3 is 2. The van der Waals surface area contributed by atoms with Gasteiger partial charge in [-0.15, -0.1) is 0 Å². The smallest absolute Gasteiger partial charge is 0.322 e. The Hall–Kier alpha value is -3.17. The van der Waals surface area contributed by atoms with Crippen molar-refractivity contribution in [3.05, 3.63) is 60.2 Å². The van der Waals surface area contributed by atoms with E-state index in [-0.39, 0.29) is 13.1 Å². The van der Waals surface area contributed by atoms with E-state index in [0.717, 1.165) is 25.7 Å². The highest BCUT2D eigenvalue weighted by atomic mass is 16.5. The van der Waals surface area contributed by atoms with Crippen molar-refractivity contribution in [1.82, 2.24) is 19.8 Å². The van der Waals surface area contributed by atoms with Crippen LogP contribution in [0.15, 0.2) is 48.8 Å². The van der Waals surface area contributed by atoms with Crippen molar-refractivity contribution in [1.29, 1.82) is 0 Å². The van der Waals surface area contributed by atoms with Crippen LogP contribution in [0.2, 0.25) is 0 Å². The molecule has 38 heavy (non-hydrogen) atoms. The number of esters is 2. The van der Waals surface area contributed by atoms with Gasteiger partial charge in [-0.3, -0.25) is 29.3 Å². The number of ketones is 1. The molecular formula is C29H36N4O5. The zero-order valence-electron chi connectivity index (χ0n) is 22.3. The van der Waals surface area contributed by atoms with Crippen LogP contribution in [0.25, 0.3) is 0 Å². The summed E-state index contributed by atoms with van der Waals surface area (Å²) in [5, 5.41) is 0. The highest BCUT2D eigenvalue weighted by molar-refractivity contribution is 6.17. The fraction of sp³-hybridized carbons (Fsp3) is 0.552. The van der Waals surface area contributed by atoms with Gasteiger partial charge in [-0.1, -0.05) is 31.4 Å². The van der Waals surface area contributed by atoms with Gasteiger partial charge in [-0.25, -0.2) is 0 Å². The predicted molar refractivity (Wildman–Crippen MR) is 139 cm³/mol. The Kier molecular flexibility index (Phi) is 7.33. The second-order valence-corrected chi connectivity index (χ2v) is 10.9. The summed E-state index contributed by atoms with van der Waals surface area (Å²) in [4.78, 5) is 56.0. The Morgan fingerprint density at radius 2 is 1.37 bits per heavy atom. The van der Waals surface area contributed by atoms with Gasteiger partial charge < -0.3 is 14.4 Å². The zero-order chi connectivity index (χ0) is 26.9. The lowest BCUT2D eigenvalue weighted by molar-refractivity contribution is -0.206. The first-order chi connectivity index (χ1) is 18.4. The number of fused-ring (bicyclic) bond motifs is 2. The van der Waals surface area contributed by atoms with E-state index < -0.39 is 40.6 Å². The van der Waals surface area contributed by atoms with Gasteiger partial charge in [0.05, 0.1) is 37.7 Å². The molecule has 9 nitrogen and oxygen atoms in total. The molecule has 0 N–H and O–H groups in total. The summed E-state index contributed by atoms with van der Waals surface area (Å²) in [7, 11) is 4.42. The molecule has 2 aromatic rings. The highest BCUT2D eigenvalue weighted by Crippen LogP contribution is 2.60. The maximum absolute atomic E-state index is 14.9. The number of likely N-dealkylation sites (tertiary alicyclic amines) is 2. The maximum atomic E-state index is 14.9. The lowest BCUT2D eigenvalue weighted by Gasteiger charge is -2.61. The lowest BCUT2D eigenvalue weighted by Crippen LogP contribution is -2.75. The van der Waals surface area contributed by atoms with Crippen molar-refractivity contribution in [3.63, 3.8) is 0 Å². The van der Waals surface area contributed by atoms with E-state index in [4.69, 9.17) is 9.47 Å². The highest BCUT2D eigenvalue weighted by Gasteiger charge is 2.75. The molecule has 4 unspecified atom stereocenters. The quantitative estimate of drug-likeness (QED) is 0.420. The van der Waals surface area contributed by atoms with E-state index >= 15 is 0 Å². The molecule has 3 fully saturated rings. The Morgan fingerprint density at radius 1 is 0.868 bits per heavy atom. The summed E-state index contributed by atoms with van der Waals surface area (Å²) < 4.78 is 10.7. The second-order valence-electron chi connectivity index (χ2n) is 10.9. The lowest BCUT2D eigenvalue weighted by atomic mass is 9.54. The Morgan fingerprint density at radius 3 is 1.79 bits per heavy atom. The van der Waals surface area contributed by atoms with Gasteiger partial charge in [0.1, 0.15) is 0 Å². The molecule has 5 rings (SSSR count). The molecule has 0 amide bonds. The molecule has 9 heteroatoms. The van der Waals surface area contributed by atoms with Gasteiger partial charge in [0.15, 0.2) is 16.6 Å². The third-order valence-corrected chi connectivity index (χ3v) is 8.67. The van der Waals surface area contributed by atoms with Crippen LogP contribution in [0.3, 0.4) is 0 Å². The number of rotatable bonds is 6. The largest absolute Gasteiger partial charge is 0.468 e. The summed E-state index contributed by atoms with van der Waals surface area (Å²) in [6.07, 6.45) is 8.91. The van der Waals surface area contributed by atoms with Crippen molar-refractivity contribution >= 4 is 17.7 Å². The van der Waals surface area contributed by atoms with Crippen LogP contribution in [0, 0.1) is 16.7 Å². The van der Waals surface area contributed by atoms with E-state index in [2.05, 4.69) is 14.9 Å². The molecule has 0 aromatic carbocycles. The molecule has 0 spiro atoms. The van der Waals surface area contributed by atoms with Gasteiger partial charge in [-0.2, -0.15) is 0 Å². The Labute approximate surface area is 223 Å². The van der Waals surface area contributed by atoms with E-state index in [1.165, 1.54) is 20.6 Å². The predicted octanol–water partition coefficient (Wildman–Crippen LogP) is 2.99. The topological polar surface area (TPSA) is 102 Å². The average molecular weight is 521 g/mol. The molecule has 2 aromatic heterocycles. The Balaban J connectivity index is 1.83. The van der Waals surface area contributed by atoms with Crippen molar-refractivity contribution in [2.75, 3.05) is 40.9 Å². The number of pyridine rings is 2. The number of nitrogens with zero attached hydrogens (tertiary/aromatic N) is 4. The van der Waals surface area contributed by atoms with Crippen LogP contribution in [0.5, 0.6) is 0 Å². The Bertz CT molecular complexity index is 1090. The number of carbonyl (C=O) groups excluding carboxylic acids is 3. The van der Waals surface area contributed by atoms with Gasteiger partial charge in [0, 0.05) is 32.0 Å². The van der Waals surface area contributed by atoms with Crippen LogP contribution in [0.4, 0.5) is 0 Å². The van der Waals surface area contributed by atoms with Crippen molar-refractivity contribution < 1.29 is 23.9 Å². The number of aromatic nitrogens is 2. The molecule has 0 radical (unpaired) electrons. The van der Waals surface area contributed by atoms with Crippen molar-refractivity contribution in [2.24, 2.45) is 16.7 Å². The summed E-state index contributed by atoms with van der Waals surface area (Å²) in [6.45, 7) is 0.806. The first-order valence-corrected chi connectivity index (χ1v) is 13.4. The van der Waals surface area contributed by atoms with Gasteiger partial charge >= 0.3 is 11.9 Å². The normalized spacial score (nSPS) is 30.6. The number of piperidine rings is 2. The molecular weight excluding hydrogens is 484 g/mol. The minimum atomic E-state index is -1.68. The molecule has 1 aliphatic carbocycles. The monoisotopic (exact) mass is 520 g/mol. The average Bonchev–Trinajstić information content (AvgIpc) is 2.95. The number of hydrogen-bond acceptors (Lipinski definition) is 9. The fourth-order valence-corrected chi connectivity index (χ4v) is 7.29. The van der Waals surface area contributed by atoms with Crippen LogP contribution in [-0.4, -0.2) is 78.4 Å². The molecule has 2 bridgehead atoms. The van der Waals surface area contributed by atoms with E-state index in [9.17, 15) is 14.4 Å². The summed E-state index contributed by atoms with van der Waals surface area (Å²) in [5.74, 6) is -1.46. The van der Waals surface area contributed by atoms with Crippen molar-refractivity contribution in [3.8, 4) is 0 Å². The zero-order valence-corrected chi connectivity index (χ0v) is 22.3. The van der Waals surface area contributed by atoms with Crippen LogP contribution >= 0.6 is 0 Å². The minimum Gasteiger partial charge on any atom is -0.468 e. The maximum Gasteiger partial charge on any atom is 0.322 e. The first kappa shape index (κ1) is 26.4. The standard InChI is InChI=1S/C29H36N4O5/c1-32-18-28(26(35)37-2)23(21-13-7-9-15-30-21)33(17-20-11-5-4-6-12-20)24(22-14-8-10-16-31-22)29(19-32,25(28)34)27(36)38-3/h7-10,13-16,20,23-24H,4-6,11-12,17-19H2,1-3H3. The third-order valence-electron chi connectivity index (χ3n) is 8.67. The summed E-state index contributed by atoms with van der Waals surface area (Å²) in [6, 6.07) is 9.55. The second kappa shape index (κ2) is 10.5. The fourth-order valence-electron chi connectivity index (χ4n) is 7.29.